The average molecular weight is 368 g/mol. The van der Waals surface area contributed by atoms with Gasteiger partial charge in [0.15, 0.2) is 11.5 Å². The zero-order valence-electron chi connectivity index (χ0n) is 15.3. The summed E-state index contributed by atoms with van der Waals surface area (Å²) in [7, 11) is 3.11. The van der Waals surface area contributed by atoms with Crippen LogP contribution in [0.1, 0.15) is 18.5 Å². The SMILES string of the molecule is COc1ccc(CNC(=O)[C@@H](C)n2nnc3ccccc3c2=O)cc1OC. The maximum Gasteiger partial charge on any atom is 0.278 e. The van der Waals surface area contributed by atoms with Crippen LogP contribution in [0.4, 0.5) is 0 Å². The van der Waals surface area contributed by atoms with Crippen molar-refractivity contribution in [3.63, 3.8) is 0 Å². The lowest BCUT2D eigenvalue weighted by atomic mass is 10.2. The molecule has 0 aliphatic heterocycles. The summed E-state index contributed by atoms with van der Waals surface area (Å²) in [5.74, 6) is 0.851. The molecule has 3 rings (SSSR count). The first kappa shape index (κ1) is 18.4. The van der Waals surface area contributed by atoms with E-state index in [1.165, 1.54) is 0 Å². The number of aromatic nitrogens is 3. The van der Waals surface area contributed by atoms with Gasteiger partial charge in [-0.1, -0.05) is 23.4 Å². The number of hydrogen-bond donors (Lipinski definition) is 1. The molecule has 0 spiro atoms. The number of methoxy groups -OCH3 is 2. The first-order valence-corrected chi connectivity index (χ1v) is 8.38. The monoisotopic (exact) mass is 368 g/mol. The first-order valence-electron chi connectivity index (χ1n) is 8.38. The van der Waals surface area contributed by atoms with Crippen molar-refractivity contribution < 1.29 is 14.3 Å². The number of benzene rings is 2. The van der Waals surface area contributed by atoms with E-state index >= 15 is 0 Å². The van der Waals surface area contributed by atoms with Crippen molar-refractivity contribution in [3.8, 4) is 11.5 Å². The number of nitrogens with zero attached hydrogens (tertiary/aromatic N) is 3. The molecule has 2 aromatic carbocycles. The van der Waals surface area contributed by atoms with Crippen molar-refractivity contribution in [2.24, 2.45) is 0 Å². The Balaban J connectivity index is 1.75. The van der Waals surface area contributed by atoms with Gasteiger partial charge in [0.1, 0.15) is 11.6 Å². The van der Waals surface area contributed by atoms with Gasteiger partial charge in [0.2, 0.25) is 5.91 Å². The lowest BCUT2D eigenvalue weighted by Crippen LogP contribution is -2.37. The van der Waals surface area contributed by atoms with Crippen LogP contribution in [0.15, 0.2) is 47.3 Å². The molecule has 0 fully saturated rings. The number of amides is 1. The highest BCUT2D eigenvalue weighted by Gasteiger charge is 2.19. The minimum atomic E-state index is -0.797. The van der Waals surface area contributed by atoms with Crippen LogP contribution in [-0.4, -0.2) is 35.1 Å². The molecule has 0 bridgehead atoms. The largest absolute Gasteiger partial charge is 0.493 e. The second kappa shape index (κ2) is 7.86. The molecule has 1 N–H and O–H groups in total. The molecule has 8 nitrogen and oxygen atoms in total. The van der Waals surface area contributed by atoms with Gasteiger partial charge in [-0.2, -0.15) is 4.68 Å². The summed E-state index contributed by atoms with van der Waals surface area (Å²) >= 11 is 0. The Morgan fingerprint density at radius 1 is 1.15 bits per heavy atom. The Bertz CT molecular complexity index is 1030. The number of nitrogens with one attached hydrogen (secondary N) is 1. The molecule has 0 unspecified atom stereocenters. The summed E-state index contributed by atoms with van der Waals surface area (Å²) in [6.45, 7) is 1.88. The van der Waals surface area contributed by atoms with E-state index in [-0.39, 0.29) is 18.0 Å². The van der Waals surface area contributed by atoms with Gasteiger partial charge in [-0.15, -0.1) is 5.10 Å². The van der Waals surface area contributed by atoms with Crippen molar-refractivity contribution in [1.82, 2.24) is 20.3 Å². The summed E-state index contributed by atoms with van der Waals surface area (Å²) in [6.07, 6.45) is 0. The van der Waals surface area contributed by atoms with E-state index in [0.717, 1.165) is 10.2 Å². The highest BCUT2D eigenvalue weighted by Crippen LogP contribution is 2.27. The number of carbonyl (C=O) groups is 1. The van der Waals surface area contributed by atoms with Crippen LogP contribution < -0.4 is 20.3 Å². The lowest BCUT2D eigenvalue weighted by Gasteiger charge is -2.14. The molecule has 1 amide bonds. The fourth-order valence-corrected chi connectivity index (χ4v) is 2.69. The molecule has 0 radical (unpaired) electrons. The van der Waals surface area contributed by atoms with Crippen molar-refractivity contribution in [1.29, 1.82) is 0 Å². The van der Waals surface area contributed by atoms with Crippen LogP contribution >= 0.6 is 0 Å². The van der Waals surface area contributed by atoms with Gasteiger partial charge in [-0.25, -0.2) is 0 Å². The Hall–Kier alpha value is -3.42. The molecule has 140 valence electrons. The normalized spacial score (nSPS) is 11.8. The van der Waals surface area contributed by atoms with E-state index in [2.05, 4.69) is 15.6 Å². The highest BCUT2D eigenvalue weighted by molar-refractivity contribution is 5.81. The van der Waals surface area contributed by atoms with E-state index < -0.39 is 6.04 Å². The Kier molecular flexibility index (Phi) is 5.35. The van der Waals surface area contributed by atoms with Crippen LogP contribution in [0.2, 0.25) is 0 Å². The average Bonchev–Trinajstić information content (AvgIpc) is 2.71. The van der Waals surface area contributed by atoms with Gasteiger partial charge in [0.05, 0.1) is 19.6 Å². The second-order valence-electron chi connectivity index (χ2n) is 5.94. The van der Waals surface area contributed by atoms with Crippen LogP contribution in [-0.2, 0) is 11.3 Å². The standard InChI is InChI=1S/C19H20N4O4/c1-12(23-19(25)14-6-4-5-7-15(14)21-22-23)18(24)20-11-13-8-9-16(26-2)17(10-13)27-3/h4-10,12H,11H2,1-3H3,(H,20,24)/t12-/m1/s1. The topological polar surface area (TPSA) is 95.3 Å². The van der Waals surface area contributed by atoms with Crippen molar-refractivity contribution in [2.75, 3.05) is 14.2 Å². The van der Waals surface area contributed by atoms with Gasteiger partial charge in [0, 0.05) is 6.54 Å². The Labute approximate surface area is 155 Å². The molecule has 0 aliphatic rings. The molecular weight excluding hydrogens is 348 g/mol. The molecule has 27 heavy (non-hydrogen) atoms. The third-order valence-electron chi connectivity index (χ3n) is 4.25. The molecule has 3 aromatic rings. The maximum atomic E-state index is 12.6. The fourth-order valence-electron chi connectivity index (χ4n) is 2.69. The smallest absolute Gasteiger partial charge is 0.278 e. The van der Waals surface area contributed by atoms with Crippen LogP contribution in [0.5, 0.6) is 11.5 Å². The van der Waals surface area contributed by atoms with Gasteiger partial charge < -0.3 is 14.8 Å². The summed E-state index contributed by atoms with van der Waals surface area (Å²) in [6, 6.07) is 11.5. The molecular formula is C19H20N4O4. The number of ether oxygens (including phenoxy) is 2. The summed E-state index contributed by atoms with van der Waals surface area (Å²) in [4.78, 5) is 25.0. The van der Waals surface area contributed by atoms with E-state index in [4.69, 9.17) is 9.47 Å². The number of carbonyl (C=O) groups excluding carboxylic acids is 1. The van der Waals surface area contributed by atoms with Gasteiger partial charge >= 0.3 is 0 Å². The number of rotatable bonds is 6. The molecule has 0 aliphatic carbocycles. The van der Waals surface area contributed by atoms with Gasteiger partial charge in [0.25, 0.3) is 5.56 Å². The molecule has 1 aromatic heterocycles. The Morgan fingerprint density at radius 3 is 2.63 bits per heavy atom. The van der Waals surface area contributed by atoms with Crippen LogP contribution in [0, 0.1) is 0 Å². The van der Waals surface area contributed by atoms with E-state index in [1.54, 1.807) is 57.5 Å². The van der Waals surface area contributed by atoms with Crippen molar-refractivity contribution in [2.45, 2.75) is 19.5 Å². The lowest BCUT2D eigenvalue weighted by molar-refractivity contribution is -0.124. The molecule has 0 saturated carbocycles. The quantitative estimate of drug-likeness (QED) is 0.711. The van der Waals surface area contributed by atoms with E-state index in [0.29, 0.717) is 22.4 Å². The first-order chi connectivity index (χ1) is 13.0. The summed E-state index contributed by atoms with van der Waals surface area (Å²) in [5, 5.41) is 11.1. The van der Waals surface area contributed by atoms with Gasteiger partial charge in [-0.3, -0.25) is 9.59 Å². The van der Waals surface area contributed by atoms with Crippen molar-refractivity contribution >= 4 is 16.8 Å². The van der Waals surface area contributed by atoms with Crippen LogP contribution in [0.25, 0.3) is 10.9 Å². The third-order valence-corrected chi connectivity index (χ3v) is 4.25. The summed E-state index contributed by atoms with van der Waals surface area (Å²) in [5.41, 5.74) is 0.983. The predicted octanol–water partition coefficient (Wildman–Crippen LogP) is 1.69. The maximum absolute atomic E-state index is 12.6. The highest BCUT2D eigenvalue weighted by atomic mass is 16.5. The minimum absolute atomic E-state index is 0.277. The minimum Gasteiger partial charge on any atom is -0.493 e. The number of hydrogen-bond acceptors (Lipinski definition) is 6. The zero-order chi connectivity index (χ0) is 19.4. The van der Waals surface area contributed by atoms with Gasteiger partial charge in [-0.05, 0) is 36.8 Å². The molecule has 0 saturated heterocycles. The molecule has 8 heteroatoms. The van der Waals surface area contributed by atoms with Crippen molar-refractivity contribution in [3.05, 3.63) is 58.4 Å². The Morgan fingerprint density at radius 2 is 1.89 bits per heavy atom. The second-order valence-corrected chi connectivity index (χ2v) is 5.94. The zero-order valence-corrected chi connectivity index (χ0v) is 15.3. The van der Waals surface area contributed by atoms with E-state index in [1.807, 2.05) is 6.07 Å². The fraction of sp³-hybridized carbons (Fsp3) is 0.263. The van der Waals surface area contributed by atoms with Crippen LogP contribution in [0.3, 0.4) is 0 Å². The number of fused-ring (bicyclic) bond motifs is 1. The molecule has 1 atom stereocenters. The van der Waals surface area contributed by atoms with E-state index in [9.17, 15) is 9.59 Å². The third kappa shape index (κ3) is 3.74. The summed E-state index contributed by atoms with van der Waals surface area (Å²) < 4.78 is 11.5. The molecule has 1 heterocycles. The predicted molar refractivity (Wildman–Crippen MR) is 99.9 cm³/mol.